The average Bonchev–Trinajstić information content (AvgIpc) is 2.67. The molecule has 0 saturated carbocycles. The number of anilines is 1. The van der Waals surface area contributed by atoms with Gasteiger partial charge in [0.1, 0.15) is 12.1 Å². The zero-order chi connectivity index (χ0) is 18.1. The van der Waals surface area contributed by atoms with Crippen molar-refractivity contribution in [1.82, 2.24) is 20.2 Å². The number of aryl methyl sites for hydroxylation is 1. The number of carbonyl (C=O) groups is 1. The van der Waals surface area contributed by atoms with Crippen LogP contribution >= 0.6 is 0 Å². The van der Waals surface area contributed by atoms with Gasteiger partial charge in [0.2, 0.25) is 5.91 Å². The predicted octanol–water partition coefficient (Wildman–Crippen LogP) is 1.67. The van der Waals surface area contributed by atoms with Crippen LogP contribution in [-0.4, -0.2) is 52.5 Å². The summed E-state index contributed by atoms with van der Waals surface area (Å²) in [7, 11) is 0. The highest BCUT2D eigenvalue weighted by molar-refractivity contribution is 5.78. The van der Waals surface area contributed by atoms with E-state index in [9.17, 15) is 4.79 Å². The van der Waals surface area contributed by atoms with Crippen molar-refractivity contribution in [1.29, 1.82) is 0 Å². The fraction of sp³-hybridized carbons (Fsp3) is 0.450. The van der Waals surface area contributed by atoms with Crippen LogP contribution in [0.2, 0.25) is 0 Å². The third-order valence-corrected chi connectivity index (χ3v) is 5.61. The van der Waals surface area contributed by atoms with Crippen LogP contribution in [-0.2, 0) is 11.3 Å². The van der Waals surface area contributed by atoms with Crippen LogP contribution in [0.15, 0.2) is 36.7 Å². The van der Waals surface area contributed by atoms with Crippen molar-refractivity contribution in [2.45, 2.75) is 38.9 Å². The van der Waals surface area contributed by atoms with Gasteiger partial charge in [-0.15, -0.1) is 0 Å². The summed E-state index contributed by atoms with van der Waals surface area (Å²) < 4.78 is 0. The van der Waals surface area contributed by atoms with E-state index in [4.69, 9.17) is 0 Å². The van der Waals surface area contributed by atoms with E-state index in [0.29, 0.717) is 25.2 Å². The first kappa shape index (κ1) is 17.0. The quantitative estimate of drug-likeness (QED) is 0.888. The van der Waals surface area contributed by atoms with Crippen molar-refractivity contribution >= 4 is 11.7 Å². The van der Waals surface area contributed by atoms with E-state index < -0.39 is 0 Å². The van der Waals surface area contributed by atoms with Gasteiger partial charge in [-0.1, -0.05) is 30.3 Å². The molecule has 2 atom stereocenters. The fourth-order valence-electron chi connectivity index (χ4n) is 3.98. The monoisotopic (exact) mass is 351 g/mol. The summed E-state index contributed by atoms with van der Waals surface area (Å²) in [6, 6.07) is 10.9. The maximum Gasteiger partial charge on any atom is 0.234 e. The summed E-state index contributed by atoms with van der Waals surface area (Å²) in [5.41, 5.74) is 3.32. The lowest BCUT2D eigenvalue weighted by Gasteiger charge is -2.56. The SMILES string of the molecule is Cc1ncnc(N2CC3CC(C2)N3CC(=O)NCc2ccccc2)c1C. The second-order valence-corrected chi connectivity index (χ2v) is 7.29. The molecule has 1 aromatic heterocycles. The van der Waals surface area contributed by atoms with E-state index in [1.54, 1.807) is 6.33 Å². The lowest BCUT2D eigenvalue weighted by molar-refractivity contribution is -0.127. The molecule has 1 amide bonds. The first-order valence-corrected chi connectivity index (χ1v) is 9.21. The minimum absolute atomic E-state index is 0.103. The Hall–Kier alpha value is -2.47. The maximum atomic E-state index is 12.3. The summed E-state index contributed by atoms with van der Waals surface area (Å²) in [4.78, 5) is 25.7. The summed E-state index contributed by atoms with van der Waals surface area (Å²) in [6.07, 6.45) is 2.82. The molecule has 3 fully saturated rings. The minimum atomic E-state index is 0.103. The van der Waals surface area contributed by atoms with Gasteiger partial charge in [-0.05, 0) is 25.8 Å². The van der Waals surface area contributed by atoms with Gasteiger partial charge in [0.25, 0.3) is 0 Å². The Morgan fingerprint density at radius 1 is 1.15 bits per heavy atom. The number of nitrogens with zero attached hydrogens (tertiary/aromatic N) is 4. The number of piperazine rings is 1. The summed E-state index contributed by atoms with van der Waals surface area (Å²) in [6.45, 7) is 7.04. The second kappa shape index (κ2) is 7.03. The lowest BCUT2D eigenvalue weighted by atomic mass is 9.87. The molecule has 3 saturated heterocycles. The number of carbonyl (C=O) groups excluding carboxylic acids is 1. The lowest BCUT2D eigenvalue weighted by Crippen LogP contribution is -2.70. The van der Waals surface area contributed by atoms with Crippen molar-refractivity contribution in [3.8, 4) is 0 Å². The van der Waals surface area contributed by atoms with E-state index in [0.717, 1.165) is 35.7 Å². The number of nitrogens with one attached hydrogen (secondary N) is 1. The second-order valence-electron chi connectivity index (χ2n) is 7.29. The molecular formula is C20H25N5O. The van der Waals surface area contributed by atoms with Crippen molar-refractivity contribution in [3.63, 3.8) is 0 Å². The average molecular weight is 351 g/mol. The molecule has 1 N–H and O–H groups in total. The molecule has 3 aliphatic heterocycles. The van der Waals surface area contributed by atoms with Gasteiger partial charge in [-0.25, -0.2) is 9.97 Å². The molecule has 6 nitrogen and oxygen atoms in total. The molecule has 3 aliphatic rings. The molecule has 2 unspecified atom stereocenters. The summed E-state index contributed by atoms with van der Waals surface area (Å²) in [5.74, 6) is 1.14. The number of amides is 1. The number of hydrogen-bond acceptors (Lipinski definition) is 5. The van der Waals surface area contributed by atoms with E-state index in [1.165, 1.54) is 6.42 Å². The van der Waals surface area contributed by atoms with Crippen molar-refractivity contribution < 1.29 is 4.79 Å². The Morgan fingerprint density at radius 3 is 2.62 bits per heavy atom. The Bertz CT molecular complexity index is 782. The molecule has 6 heteroatoms. The largest absolute Gasteiger partial charge is 0.353 e. The van der Waals surface area contributed by atoms with Crippen molar-refractivity contribution in [2.24, 2.45) is 0 Å². The van der Waals surface area contributed by atoms with Crippen LogP contribution in [0.1, 0.15) is 23.2 Å². The van der Waals surface area contributed by atoms with Crippen molar-refractivity contribution in [3.05, 3.63) is 53.5 Å². The highest BCUT2D eigenvalue weighted by Gasteiger charge is 2.45. The Labute approximate surface area is 154 Å². The van der Waals surface area contributed by atoms with Gasteiger partial charge in [-0.2, -0.15) is 0 Å². The minimum Gasteiger partial charge on any atom is -0.353 e. The molecule has 5 rings (SSSR count). The number of fused-ring (bicyclic) bond motifs is 2. The topological polar surface area (TPSA) is 61.4 Å². The van der Waals surface area contributed by atoms with Crippen LogP contribution in [0.25, 0.3) is 0 Å². The third-order valence-electron chi connectivity index (χ3n) is 5.61. The molecule has 0 aliphatic carbocycles. The van der Waals surface area contributed by atoms with E-state index >= 15 is 0 Å². The van der Waals surface area contributed by atoms with Gasteiger partial charge < -0.3 is 10.2 Å². The third kappa shape index (κ3) is 3.29. The normalized spacial score (nSPS) is 22.0. The highest BCUT2D eigenvalue weighted by atomic mass is 16.2. The number of aromatic nitrogens is 2. The first-order chi connectivity index (χ1) is 12.6. The smallest absolute Gasteiger partial charge is 0.234 e. The van der Waals surface area contributed by atoms with Gasteiger partial charge in [0.05, 0.1) is 6.54 Å². The van der Waals surface area contributed by atoms with Gasteiger partial charge in [-0.3, -0.25) is 9.69 Å². The molecule has 2 aromatic rings. The highest BCUT2D eigenvalue weighted by Crippen LogP contribution is 2.34. The predicted molar refractivity (Wildman–Crippen MR) is 101 cm³/mol. The number of piperidine rings is 1. The van der Waals surface area contributed by atoms with Crippen LogP contribution in [0.5, 0.6) is 0 Å². The van der Waals surface area contributed by atoms with Gasteiger partial charge in [0.15, 0.2) is 0 Å². The summed E-state index contributed by atoms with van der Waals surface area (Å²) in [5, 5.41) is 3.03. The molecular weight excluding hydrogens is 326 g/mol. The standard InChI is InChI=1S/C20H25N5O/c1-14-15(2)22-13-23-20(14)24-10-17-8-18(11-24)25(17)12-19(26)21-9-16-6-4-3-5-7-16/h3-7,13,17-18H,8-12H2,1-2H3,(H,21,26). The maximum absolute atomic E-state index is 12.3. The summed E-state index contributed by atoms with van der Waals surface area (Å²) >= 11 is 0. The Balaban J connectivity index is 1.31. The zero-order valence-electron chi connectivity index (χ0n) is 15.4. The molecule has 136 valence electrons. The van der Waals surface area contributed by atoms with Crippen LogP contribution in [0.4, 0.5) is 5.82 Å². The fourth-order valence-corrected chi connectivity index (χ4v) is 3.98. The molecule has 26 heavy (non-hydrogen) atoms. The molecule has 0 radical (unpaired) electrons. The number of hydrogen-bond donors (Lipinski definition) is 1. The van der Waals surface area contributed by atoms with Gasteiger partial charge >= 0.3 is 0 Å². The number of rotatable bonds is 5. The molecule has 0 spiro atoms. The Kier molecular flexibility index (Phi) is 4.59. The van der Waals surface area contributed by atoms with E-state index in [2.05, 4.69) is 32.0 Å². The van der Waals surface area contributed by atoms with Crippen molar-refractivity contribution in [2.75, 3.05) is 24.5 Å². The molecule has 2 bridgehead atoms. The van der Waals surface area contributed by atoms with E-state index in [-0.39, 0.29) is 5.91 Å². The van der Waals surface area contributed by atoms with Crippen LogP contribution in [0.3, 0.4) is 0 Å². The van der Waals surface area contributed by atoms with Gasteiger partial charge in [0, 0.05) is 43.0 Å². The number of benzene rings is 1. The van der Waals surface area contributed by atoms with Crippen LogP contribution < -0.4 is 10.2 Å². The Morgan fingerprint density at radius 2 is 1.88 bits per heavy atom. The molecule has 1 aromatic carbocycles. The van der Waals surface area contributed by atoms with E-state index in [1.807, 2.05) is 37.3 Å². The van der Waals surface area contributed by atoms with Crippen LogP contribution in [0, 0.1) is 13.8 Å². The molecule has 4 heterocycles. The zero-order valence-corrected chi connectivity index (χ0v) is 15.4. The first-order valence-electron chi connectivity index (χ1n) is 9.21.